The van der Waals surface area contributed by atoms with Gasteiger partial charge in [0.2, 0.25) is 5.88 Å². The molecule has 4 nitrogen and oxygen atoms in total. The lowest BCUT2D eigenvalue weighted by Crippen LogP contribution is -2.06. The van der Waals surface area contributed by atoms with E-state index in [2.05, 4.69) is 16.8 Å². The van der Waals surface area contributed by atoms with E-state index in [0.29, 0.717) is 5.56 Å². The zero-order valence-electron chi connectivity index (χ0n) is 11.8. The number of hydrogen-bond donors (Lipinski definition) is 1. The Labute approximate surface area is 130 Å². The van der Waals surface area contributed by atoms with Crippen LogP contribution in [0.3, 0.4) is 0 Å². The highest BCUT2D eigenvalue weighted by Crippen LogP contribution is 2.23. The number of benzene rings is 2. The molecular formula is C18H10FNO3. The Morgan fingerprint density at radius 2 is 1.70 bits per heavy atom. The maximum atomic E-state index is 12.9. The number of nitrogens with zero attached hydrogens (tertiary/aromatic N) is 1. The lowest BCUT2D eigenvalue weighted by atomic mass is 10.1. The summed E-state index contributed by atoms with van der Waals surface area (Å²) in [6.07, 6.45) is 0. The van der Waals surface area contributed by atoms with E-state index >= 15 is 0 Å². The third kappa shape index (κ3) is 3.27. The molecule has 2 aromatic carbocycles. The van der Waals surface area contributed by atoms with E-state index in [4.69, 9.17) is 4.42 Å². The molecule has 1 N–H and O–H groups in total. The molecule has 0 atom stereocenters. The van der Waals surface area contributed by atoms with Crippen LogP contribution in [-0.2, 0) is 0 Å². The molecule has 1 heterocycles. The van der Waals surface area contributed by atoms with Gasteiger partial charge in [-0.05, 0) is 35.7 Å². The molecule has 0 bridgehead atoms. The largest absolute Gasteiger partial charge is 0.493 e. The molecular weight excluding hydrogens is 297 g/mol. The molecule has 1 aromatic heterocycles. The molecule has 0 amide bonds. The Morgan fingerprint density at radius 3 is 2.35 bits per heavy atom. The van der Waals surface area contributed by atoms with Gasteiger partial charge < -0.3 is 9.52 Å². The first kappa shape index (κ1) is 14.5. The van der Waals surface area contributed by atoms with Gasteiger partial charge >= 0.3 is 5.63 Å². The molecule has 5 heteroatoms. The molecule has 0 fully saturated rings. The minimum absolute atomic E-state index is 0.129. The number of rotatable bonds is 1. The lowest BCUT2D eigenvalue weighted by Gasteiger charge is -2.02. The third-order valence-electron chi connectivity index (χ3n) is 3.05. The van der Waals surface area contributed by atoms with E-state index < -0.39 is 17.3 Å². The van der Waals surface area contributed by atoms with Crippen molar-refractivity contribution >= 4 is 0 Å². The Kier molecular flexibility index (Phi) is 3.89. The summed E-state index contributed by atoms with van der Waals surface area (Å²) in [5.74, 6) is 4.21. The van der Waals surface area contributed by atoms with Gasteiger partial charge in [0, 0.05) is 5.56 Å². The number of halogens is 1. The van der Waals surface area contributed by atoms with Crippen LogP contribution in [-0.4, -0.2) is 10.1 Å². The van der Waals surface area contributed by atoms with Crippen molar-refractivity contribution < 1.29 is 13.9 Å². The van der Waals surface area contributed by atoms with Crippen LogP contribution in [0.5, 0.6) is 5.88 Å². The topological polar surface area (TPSA) is 63.3 Å². The summed E-state index contributed by atoms with van der Waals surface area (Å²) in [6.45, 7) is 0. The number of aromatic nitrogens is 1. The SMILES string of the molecule is O=c1oc(C#Cc2ccccc2)nc(O)c1-c1ccc(F)cc1. The highest BCUT2D eigenvalue weighted by atomic mass is 19.1. The van der Waals surface area contributed by atoms with E-state index in [9.17, 15) is 14.3 Å². The second-order valence-electron chi connectivity index (χ2n) is 4.63. The molecule has 3 aromatic rings. The molecule has 3 rings (SSSR count). The summed E-state index contributed by atoms with van der Waals surface area (Å²) in [5, 5.41) is 9.96. The molecule has 23 heavy (non-hydrogen) atoms. The molecule has 0 saturated carbocycles. The lowest BCUT2D eigenvalue weighted by molar-refractivity contribution is 0.412. The highest BCUT2D eigenvalue weighted by molar-refractivity contribution is 5.66. The van der Waals surface area contributed by atoms with Crippen molar-refractivity contribution in [2.45, 2.75) is 0 Å². The van der Waals surface area contributed by atoms with Gasteiger partial charge in [0.05, 0.1) is 0 Å². The van der Waals surface area contributed by atoms with Crippen molar-refractivity contribution in [2.75, 3.05) is 0 Å². The zero-order chi connectivity index (χ0) is 16.2. The second-order valence-corrected chi connectivity index (χ2v) is 4.63. The van der Waals surface area contributed by atoms with E-state index in [-0.39, 0.29) is 11.5 Å². The fraction of sp³-hybridized carbons (Fsp3) is 0. The maximum absolute atomic E-state index is 12.9. The van der Waals surface area contributed by atoms with Gasteiger partial charge in [-0.2, -0.15) is 4.98 Å². The molecule has 0 unspecified atom stereocenters. The minimum atomic E-state index is -0.790. The summed E-state index contributed by atoms with van der Waals surface area (Å²) in [5.41, 5.74) is 0.114. The quantitative estimate of drug-likeness (QED) is 0.702. The van der Waals surface area contributed by atoms with E-state index in [1.165, 1.54) is 24.3 Å². The predicted molar refractivity (Wildman–Crippen MR) is 82.3 cm³/mol. The second kappa shape index (κ2) is 6.16. The monoisotopic (exact) mass is 307 g/mol. The van der Waals surface area contributed by atoms with Crippen molar-refractivity contribution in [2.24, 2.45) is 0 Å². The summed E-state index contributed by atoms with van der Waals surface area (Å²) in [7, 11) is 0. The van der Waals surface area contributed by atoms with Crippen molar-refractivity contribution in [3.63, 3.8) is 0 Å². The minimum Gasteiger partial charge on any atom is -0.493 e. The van der Waals surface area contributed by atoms with Crippen molar-refractivity contribution in [1.29, 1.82) is 0 Å². The normalized spacial score (nSPS) is 9.96. The fourth-order valence-electron chi connectivity index (χ4n) is 1.97. The smallest absolute Gasteiger partial charge is 0.351 e. The van der Waals surface area contributed by atoms with Gasteiger partial charge in [0.1, 0.15) is 11.4 Å². The Balaban J connectivity index is 2.00. The van der Waals surface area contributed by atoms with Gasteiger partial charge in [-0.15, -0.1) is 0 Å². The van der Waals surface area contributed by atoms with Crippen LogP contribution < -0.4 is 5.63 Å². The molecule has 0 aliphatic rings. The number of aromatic hydroxyl groups is 1. The van der Waals surface area contributed by atoms with Crippen LogP contribution in [0.25, 0.3) is 11.1 Å². The zero-order valence-corrected chi connectivity index (χ0v) is 11.8. The predicted octanol–water partition coefficient (Wildman–Crippen LogP) is 2.95. The van der Waals surface area contributed by atoms with Gasteiger partial charge in [0.15, 0.2) is 0 Å². The van der Waals surface area contributed by atoms with Gasteiger partial charge in [-0.1, -0.05) is 36.3 Å². The Morgan fingerprint density at radius 1 is 1.00 bits per heavy atom. The maximum Gasteiger partial charge on any atom is 0.351 e. The van der Waals surface area contributed by atoms with Crippen LogP contribution in [0.1, 0.15) is 11.5 Å². The molecule has 0 spiro atoms. The molecule has 0 aliphatic heterocycles. The molecule has 112 valence electrons. The van der Waals surface area contributed by atoms with Crippen LogP contribution in [0.15, 0.2) is 63.8 Å². The first-order valence-electron chi connectivity index (χ1n) is 6.70. The van der Waals surface area contributed by atoms with E-state index in [1.807, 2.05) is 18.2 Å². The number of hydrogen-bond acceptors (Lipinski definition) is 4. The van der Waals surface area contributed by atoms with Crippen LogP contribution in [0.2, 0.25) is 0 Å². The van der Waals surface area contributed by atoms with Crippen molar-refractivity contribution in [3.05, 3.63) is 82.3 Å². The summed E-state index contributed by atoms with van der Waals surface area (Å²) < 4.78 is 17.9. The Bertz CT molecular complexity index is 952. The van der Waals surface area contributed by atoms with Crippen molar-refractivity contribution in [1.82, 2.24) is 4.98 Å². The molecule has 0 aliphatic carbocycles. The van der Waals surface area contributed by atoms with Gasteiger partial charge in [0.25, 0.3) is 5.89 Å². The Hall–Kier alpha value is -3.39. The van der Waals surface area contributed by atoms with Crippen LogP contribution >= 0.6 is 0 Å². The summed E-state index contributed by atoms with van der Waals surface area (Å²) in [6, 6.07) is 14.2. The van der Waals surface area contributed by atoms with Crippen LogP contribution in [0.4, 0.5) is 4.39 Å². The average molecular weight is 307 g/mol. The molecule has 0 radical (unpaired) electrons. The first-order chi connectivity index (χ1) is 11.1. The highest BCUT2D eigenvalue weighted by Gasteiger charge is 2.14. The van der Waals surface area contributed by atoms with E-state index in [1.54, 1.807) is 12.1 Å². The third-order valence-corrected chi connectivity index (χ3v) is 3.05. The summed E-state index contributed by atoms with van der Waals surface area (Å²) in [4.78, 5) is 15.8. The molecule has 0 saturated heterocycles. The standard InChI is InChI=1S/C18H10FNO3/c19-14-9-7-13(8-10-14)16-17(21)20-15(23-18(16)22)11-6-12-4-2-1-3-5-12/h1-5,7-10,21H. The average Bonchev–Trinajstić information content (AvgIpc) is 2.55. The fourth-order valence-corrected chi connectivity index (χ4v) is 1.97. The van der Waals surface area contributed by atoms with Crippen molar-refractivity contribution in [3.8, 4) is 28.8 Å². The van der Waals surface area contributed by atoms with Gasteiger partial charge in [-0.25, -0.2) is 9.18 Å². The first-order valence-corrected chi connectivity index (χ1v) is 6.70. The van der Waals surface area contributed by atoms with Crippen LogP contribution in [0, 0.1) is 17.7 Å². The van der Waals surface area contributed by atoms with E-state index in [0.717, 1.165) is 5.56 Å². The summed E-state index contributed by atoms with van der Waals surface area (Å²) >= 11 is 0. The van der Waals surface area contributed by atoms with Gasteiger partial charge in [-0.3, -0.25) is 0 Å².